The fraction of sp³-hybridized carbons (Fsp3) is 0.625. The maximum Gasteiger partial charge on any atom is 0.119 e. The molecule has 0 aromatic heterocycles. The van der Waals surface area contributed by atoms with Crippen molar-refractivity contribution in [2.45, 2.75) is 44.3 Å². The molecule has 3 heteroatoms. The van der Waals surface area contributed by atoms with Gasteiger partial charge in [0.1, 0.15) is 12.4 Å². The average Bonchev–Trinajstić information content (AvgIpc) is 2.96. The molecule has 0 aliphatic heterocycles. The van der Waals surface area contributed by atoms with Crippen molar-refractivity contribution in [2.24, 2.45) is 5.41 Å². The van der Waals surface area contributed by atoms with Crippen LogP contribution < -0.4 is 4.74 Å². The van der Waals surface area contributed by atoms with Gasteiger partial charge >= 0.3 is 0 Å². The van der Waals surface area contributed by atoms with E-state index in [1.165, 1.54) is 12.8 Å². The molecule has 0 heterocycles. The summed E-state index contributed by atoms with van der Waals surface area (Å²) in [4.78, 5) is 0. The predicted octanol–water partition coefficient (Wildman–Crippen LogP) is 2.78. The van der Waals surface area contributed by atoms with E-state index in [1.54, 1.807) is 0 Å². The number of ether oxygens (including phenoxy) is 2. The van der Waals surface area contributed by atoms with E-state index in [2.05, 4.69) is 0 Å². The van der Waals surface area contributed by atoms with Gasteiger partial charge in [0.25, 0.3) is 0 Å². The lowest BCUT2D eigenvalue weighted by atomic mass is 9.62. The van der Waals surface area contributed by atoms with Crippen LogP contribution >= 0.6 is 0 Å². The number of rotatable bonds is 5. The molecule has 2 atom stereocenters. The Morgan fingerprint density at radius 1 is 1.11 bits per heavy atom. The fourth-order valence-corrected chi connectivity index (χ4v) is 3.52. The third-order valence-corrected chi connectivity index (χ3v) is 4.69. The highest BCUT2D eigenvalue weighted by atomic mass is 16.5. The summed E-state index contributed by atoms with van der Waals surface area (Å²) in [5.74, 6) is 0.885. The Kier molecular flexibility index (Phi) is 3.76. The van der Waals surface area contributed by atoms with Gasteiger partial charge in [0.15, 0.2) is 0 Å². The third-order valence-electron chi connectivity index (χ3n) is 4.69. The molecule has 2 fully saturated rings. The van der Waals surface area contributed by atoms with Crippen LogP contribution in [0.15, 0.2) is 30.3 Å². The first-order valence-corrected chi connectivity index (χ1v) is 7.29. The van der Waals surface area contributed by atoms with E-state index in [1.807, 2.05) is 30.3 Å². The molecule has 104 valence electrons. The smallest absolute Gasteiger partial charge is 0.119 e. The van der Waals surface area contributed by atoms with E-state index in [0.29, 0.717) is 13.2 Å². The molecule has 2 saturated carbocycles. The van der Waals surface area contributed by atoms with E-state index in [4.69, 9.17) is 9.47 Å². The van der Waals surface area contributed by atoms with Crippen LogP contribution in [0, 0.1) is 5.41 Å². The van der Waals surface area contributed by atoms with Crippen molar-refractivity contribution in [3.05, 3.63) is 30.3 Å². The highest BCUT2D eigenvalue weighted by Crippen LogP contribution is 2.54. The van der Waals surface area contributed by atoms with E-state index in [9.17, 15) is 5.11 Å². The van der Waals surface area contributed by atoms with Gasteiger partial charge in [0.2, 0.25) is 0 Å². The topological polar surface area (TPSA) is 38.7 Å². The van der Waals surface area contributed by atoms with E-state index in [0.717, 1.165) is 25.0 Å². The summed E-state index contributed by atoms with van der Waals surface area (Å²) in [6.45, 7) is 1.18. The van der Waals surface area contributed by atoms with Gasteiger partial charge < -0.3 is 14.6 Å². The molecule has 0 bridgehead atoms. The number of hydrogen-bond acceptors (Lipinski definition) is 3. The lowest BCUT2D eigenvalue weighted by Crippen LogP contribution is -2.56. The molecular formula is C16H22O3. The summed E-state index contributed by atoms with van der Waals surface area (Å²) in [6, 6.07) is 9.80. The van der Waals surface area contributed by atoms with Gasteiger partial charge in [-0.15, -0.1) is 0 Å². The van der Waals surface area contributed by atoms with Crippen molar-refractivity contribution in [3.63, 3.8) is 0 Å². The highest BCUT2D eigenvalue weighted by Gasteiger charge is 2.56. The molecule has 0 radical (unpaired) electrons. The van der Waals surface area contributed by atoms with Crippen LogP contribution in [0.3, 0.4) is 0 Å². The molecule has 2 aliphatic carbocycles. The first-order valence-electron chi connectivity index (χ1n) is 7.29. The van der Waals surface area contributed by atoms with Gasteiger partial charge in [-0.25, -0.2) is 0 Å². The van der Waals surface area contributed by atoms with E-state index >= 15 is 0 Å². The predicted molar refractivity (Wildman–Crippen MR) is 73.2 cm³/mol. The summed E-state index contributed by atoms with van der Waals surface area (Å²) in [5.41, 5.74) is 0.0761. The number of benzene rings is 1. The number of aliphatic hydroxyl groups excluding tert-OH is 1. The van der Waals surface area contributed by atoms with Gasteiger partial charge in [-0.1, -0.05) is 31.0 Å². The maximum atomic E-state index is 9.99. The Morgan fingerprint density at radius 2 is 1.84 bits per heavy atom. The molecule has 1 aromatic carbocycles. The molecule has 19 heavy (non-hydrogen) atoms. The number of hydrogen-bond donors (Lipinski definition) is 1. The summed E-state index contributed by atoms with van der Waals surface area (Å²) in [5, 5.41) is 9.99. The van der Waals surface area contributed by atoms with Crippen LogP contribution in [0.5, 0.6) is 5.75 Å². The Bertz CT molecular complexity index is 398. The summed E-state index contributed by atoms with van der Waals surface area (Å²) in [7, 11) is 0. The second-order valence-electron chi connectivity index (χ2n) is 5.71. The zero-order chi connectivity index (χ0) is 13.1. The van der Waals surface area contributed by atoms with Crippen molar-refractivity contribution in [1.29, 1.82) is 0 Å². The molecule has 1 N–H and O–H groups in total. The number of aliphatic hydroxyl groups is 1. The van der Waals surface area contributed by atoms with Gasteiger partial charge in [0, 0.05) is 11.8 Å². The fourth-order valence-electron chi connectivity index (χ4n) is 3.52. The molecule has 1 spiro atoms. The lowest BCUT2D eigenvalue weighted by Gasteiger charge is -2.51. The Morgan fingerprint density at radius 3 is 2.53 bits per heavy atom. The van der Waals surface area contributed by atoms with Gasteiger partial charge in [-0.3, -0.25) is 0 Å². The Balaban J connectivity index is 1.41. The summed E-state index contributed by atoms with van der Waals surface area (Å²) in [6.07, 6.45) is 5.61. The zero-order valence-corrected chi connectivity index (χ0v) is 11.3. The monoisotopic (exact) mass is 262 g/mol. The van der Waals surface area contributed by atoms with Gasteiger partial charge in [0.05, 0.1) is 18.8 Å². The standard InChI is InChI=1S/C16H22O3/c17-14-12-15(16(14)8-4-5-9-16)19-11-10-18-13-6-2-1-3-7-13/h1-3,6-7,14-15,17H,4-5,8-12H2. The second-order valence-corrected chi connectivity index (χ2v) is 5.71. The Hall–Kier alpha value is -1.06. The molecule has 1 aromatic rings. The van der Waals surface area contributed by atoms with Crippen LogP contribution in [0.1, 0.15) is 32.1 Å². The second kappa shape index (κ2) is 5.51. The summed E-state index contributed by atoms with van der Waals surface area (Å²) >= 11 is 0. The first kappa shape index (κ1) is 12.9. The molecule has 0 amide bonds. The average molecular weight is 262 g/mol. The van der Waals surface area contributed by atoms with Crippen molar-refractivity contribution < 1.29 is 14.6 Å². The van der Waals surface area contributed by atoms with Crippen molar-refractivity contribution >= 4 is 0 Å². The van der Waals surface area contributed by atoms with Gasteiger partial charge in [-0.2, -0.15) is 0 Å². The number of para-hydroxylation sites is 1. The van der Waals surface area contributed by atoms with Crippen LogP contribution in [0.2, 0.25) is 0 Å². The van der Waals surface area contributed by atoms with Crippen LogP contribution in [-0.4, -0.2) is 30.5 Å². The van der Waals surface area contributed by atoms with Crippen molar-refractivity contribution in [1.82, 2.24) is 0 Å². The molecule has 0 saturated heterocycles. The van der Waals surface area contributed by atoms with Crippen molar-refractivity contribution in [3.8, 4) is 5.75 Å². The lowest BCUT2D eigenvalue weighted by molar-refractivity contribution is -0.191. The molecular weight excluding hydrogens is 240 g/mol. The minimum absolute atomic E-state index is 0.0761. The van der Waals surface area contributed by atoms with Crippen molar-refractivity contribution in [2.75, 3.05) is 13.2 Å². The normalized spacial score (nSPS) is 28.3. The molecule has 2 aliphatic rings. The molecule has 3 rings (SSSR count). The van der Waals surface area contributed by atoms with E-state index < -0.39 is 0 Å². The Labute approximate surface area is 114 Å². The first-order chi connectivity index (χ1) is 9.31. The highest BCUT2D eigenvalue weighted by molar-refractivity contribution is 5.20. The largest absolute Gasteiger partial charge is 0.491 e. The van der Waals surface area contributed by atoms with Crippen LogP contribution in [-0.2, 0) is 4.74 Å². The quantitative estimate of drug-likeness (QED) is 0.829. The molecule has 3 nitrogen and oxygen atoms in total. The van der Waals surface area contributed by atoms with E-state index in [-0.39, 0.29) is 17.6 Å². The molecule has 2 unspecified atom stereocenters. The zero-order valence-electron chi connectivity index (χ0n) is 11.3. The minimum atomic E-state index is -0.143. The third kappa shape index (κ3) is 2.49. The van der Waals surface area contributed by atoms with Crippen LogP contribution in [0.25, 0.3) is 0 Å². The SMILES string of the molecule is OC1CC(OCCOc2ccccc2)C12CCCC2. The minimum Gasteiger partial charge on any atom is -0.491 e. The maximum absolute atomic E-state index is 9.99. The summed E-state index contributed by atoms with van der Waals surface area (Å²) < 4.78 is 11.5. The van der Waals surface area contributed by atoms with Crippen LogP contribution in [0.4, 0.5) is 0 Å². The van der Waals surface area contributed by atoms with Gasteiger partial charge in [-0.05, 0) is 25.0 Å².